The molecule has 0 aliphatic rings. The van der Waals surface area contributed by atoms with Gasteiger partial charge in [-0.1, -0.05) is 30.3 Å². The number of thiophene rings is 1. The van der Waals surface area contributed by atoms with E-state index in [0.29, 0.717) is 0 Å². The number of hydrogen-bond donors (Lipinski definition) is 0. The number of benzene rings is 1. The van der Waals surface area contributed by atoms with Crippen LogP contribution in [0.2, 0.25) is 0 Å². The Labute approximate surface area is 110 Å². The maximum absolute atomic E-state index is 4.70. The highest BCUT2D eigenvalue weighted by Crippen LogP contribution is 2.31. The molecule has 1 aromatic carbocycles. The van der Waals surface area contributed by atoms with Crippen molar-refractivity contribution >= 4 is 21.6 Å². The van der Waals surface area contributed by atoms with Gasteiger partial charge in [-0.15, -0.1) is 11.3 Å². The Kier molecular flexibility index (Phi) is 2.63. The predicted molar refractivity (Wildman–Crippen MR) is 77.1 cm³/mol. The zero-order chi connectivity index (χ0) is 12.7. The van der Waals surface area contributed by atoms with Crippen LogP contribution in [0, 0.1) is 20.8 Å². The van der Waals surface area contributed by atoms with E-state index in [-0.39, 0.29) is 0 Å². The van der Waals surface area contributed by atoms with Crippen molar-refractivity contribution < 1.29 is 0 Å². The van der Waals surface area contributed by atoms with Crippen LogP contribution in [0.1, 0.15) is 16.1 Å². The smallest absolute Gasteiger partial charge is 0.161 e. The summed E-state index contributed by atoms with van der Waals surface area (Å²) in [4.78, 5) is 11.8. The standard InChI is InChI=1S/C15H14N2S/c1-9-11(3)18-15-13(9)10(2)16-14(17-15)12-7-5-4-6-8-12/h4-8H,1-3H3. The quantitative estimate of drug-likeness (QED) is 0.647. The molecule has 18 heavy (non-hydrogen) atoms. The van der Waals surface area contributed by atoms with E-state index in [1.807, 2.05) is 30.3 Å². The molecule has 0 N–H and O–H groups in total. The van der Waals surface area contributed by atoms with E-state index in [2.05, 4.69) is 25.8 Å². The Morgan fingerprint density at radius 3 is 2.39 bits per heavy atom. The first-order chi connectivity index (χ1) is 8.66. The van der Waals surface area contributed by atoms with E-state index >= 15 is 0 Å². The summed E-state index contributed by atoms with van der Waals surface area (Å²) in [5, 5.41) is 1.22. The normalized spacial score (nSPS) is 11.1. The molecule has 90 valence electrons. The second-order valence-corrected chi connectivity index (χ2v) is 5.67. The number of hydrogen-bond acceptors (Lipinski definition) is 3. The fourth-order valence-electron chi connectivity index (χ4n) is 2.17. The minimum atomic E-state index is 0.821. The van der Waals surface area contributed by atoms with E-state index in [0.717, 1.165) is 21.9 Å². The van der Waals surface area contributed by atoms with Crippen molar-refractivity contribution in [2.24, 2.45) is 0 Å². The first-order valence-electron chi connectivity index (χ1n) is 5.96. The highest BCUT2D eigenvalue weighted by atomic mass is 32.1. The average molecular weight is 254 g/mol. The molecule has 0 atom stereocenters. The summed E-state index contributed by atoms with van der Waals surface area (Å²) in [6, 6.07) is 10.1. The first-order valence-corrected chi connectivity index (χ1v) is 6.78. The predicted octanol–water partition coefficient (Wildman–Crippen LogP) is 4.28. The van der Waals surface area contributed by atoms with Gasteiger partial charge in [0, 0.05) is 15.8 Å². The molecule has 3 rings (SSSR count). The molecule has 3 aromatic rings. The zero-order valence-electron chi connectivity index (χ0n) is 10.7. The third kappa shape index (κ3) is 1.71. The third-order valence-corrected chi connectivity index (χ3v) is 4.34. The number of rotatable bonds is 1. The van der Waals surface area contributed by atoms with Crippen molar-refractivity contribution in [3.8, 4) is 11.4 Å². The lowest BCUT2D eigenvalue weighted by Crippen LogP contribution is -1.92. The molecule has 0 aliphatic carbocycles. The van der Waals surface area contributed by atoms with Gasteiger partial charge in [0.15, 0.2) is 5.82 Å². The van der Waals surface area contributed by atoms with Gasteiger partial charge < -0.3 is 0 Å². The lowest BCUT2D eigenvalue weighted by molar-refractivity contribution is 1.16. The van der Waals surface area contributed by atoms with Crippen LogP contribution in [0.4, 0.5) is 0 Å². The summed E-state index contributed by atoms with van der Waals surface area (Å²) < 4.78 is 0. The van der Waals surface area contributed by atoms with E-state index in [1.54, 1.807) is 11.3 Å². The molecule has 2 aromatic heterocycles. The molecule has 0 amide bonds. The fraction of sp³-hybridized carbons (Fsp3) is 0.200. The Hall–Kier alpha value is -1.74. The lowest BCUT2D eigenvalue weighted by Gasteiger charge is -2.03. The van der Waals surface area contributed by atoms with Crippen LogP contribution < -0.4 is 0 Å². The molecule has 0 saturated heterocycles. The van der Waals surface area contributed by atoms with E-state index in [1.165, 1.54) is 15.8 Å². The fourth-order valence-corrected chi connectivity index (χ4v) is 3.25. The van der Waals surface area contributed by atoms with Gasteiger partial charge in [0.05, 0.1) is 5.69 Å². The van der Waals surface area contributed by atoms with Crippen LogP contribution in [-0.4, -0.2) is 9.97 Å². The SMILES string of the molecule is Cc1sc2nc(-c3ccccc3)nc(C)c2c1C. The summed E-state index contributed by atoms with van der Waals surface area (Å²) in [7, 11) is 0. The van der Waals surface area contributed by atoms with Gasteiger partial charge in [0.2, 0.25) is 0 Å². The first kappa shape index (κ1) is 11.4. The number of aromatic nitrogens is 2. The second-order valence-electron chi connectivity index (χ2n) is 4.46. The maximum atomic E-state index is 4.70. The van der Waals surface area contributed by atoms with E-state index < -0.39 is 0 Å². The molecule has 2 heterocycles. The third-order valence-electron chi connectivity index (χ3n) is 3.24. The van der Waals surface area contributed by atoms with Gasteiger partial charge >= 0.3 is 0 Å². The van der Waals surface area contributed by atoms with Crippen LogP contribution >= 0.6 is 11.3 Å². The Morgan fingerprint density at radius 1 is 0.944 bits per heavy atom. The Balaban J connectivity index is 2.28. The Bertz CT molecular complexity index is 714. The molecule has 0 radical (unpaired) electrons. The number of aryl methyl sites for hydroxylation is 3. The van der Waals surface area contributed by atoms with Crippen LogP contribution in [0.5, 0.6) is 0 Å². The van der Waals surface area contributed by atoms with Crippen molar-refractivity contribution in [3.63, 3.8) is 0 Å². The van der Waals surface area contributed by atoms with Gasteiger partial charge in [0.1, 0.15) is 4.83 Å². The molecular formula is C15H14N2S. The monoisotopic (exact) mass is 254 g/mol. The van der Waals surface area contributed by atoms with Gasteiger partial charge in [-0.3, -0.25) is 0 Å². The van der Waals surface area contributed by atoms with Crippen molar-refractivity contribution in [2.45, 2.75) is 20.8 Å². The molecule has 2 nitrogen and oxygen atoms in total. The second kappa shape index (κ2) is 4.18. The van der Waals surface area contributed by atoms with Crippen LogP contribution in [0.25, 0.3) is 21.6 Å². The maximum Gasteiger partial charge on any atom is 0.161 e. The van der Waals surface area contributed by atoms with Crippen molar-refractivity contribution in [1.82, 2.24) is 9.97 Å². The highest BCUT2D eigenvalue weighted by Gasteiger charge is 2.12. The molecule has 3 heteroatoms. The molecule has 0 saturated carbocycles. The van der Waals surface area contributed by atoms with Gasteiger partial charge in [0.25, 0.3) is 0 Å². The minimum absolute atomic E-state index is 0.821. The molecule has 0 aliphatic heterocycles. The zero-order valence-corrected chi connectivity index (χ0v) is 11.5. The molecular weight excluding hydrogens is 240 g/mol. The van der Waals surface area contributed by atoms with Gasteiger partial charge in [-0.2, -0.15) is 0 Å². The van der Waals surface area contributed by atoms with Crippen LogP contribution in [-0.2, 0) is 0 Å². The van der Waals surface area contributed by atoms with Crippen LogP contribution in [0.3, 0.4) is 0 Å². The molecule has 0 bridgehead atoms. The minimum Gasteiger partial charge on any atom is -0.233 e. The van der Waals surface area contributed by atoms with Crippen molar-refractivity contribution in [3.05, 3.63) is 46.5 Å². The lowest BCUT2D eigenvalue weighted by atomic mass is 10.1. The summed E-state index contributed by atoms with van der Waals surface area (Å²) >= 11 is 1.75. The van der Waals surface area contributed by atoms with Gasteiger partial charge in [-0.05, 0) is 26.3 Å². The Morgan fingerprint density at radius 2 is 1.67 bits per heavy atom. The van der Waals surface area contributed by atoms with E-state index in [9.17, 15) is 0 Å². The van der Waals surface area contributed by atoms with Crippen molar-refractivity contribution in [1.29, 1.82) is 0 Å². The van der Waals surface area contributed by atoms with Crippen molar-refractivity contribution in [2.75, 3.05) is 0 Å². The number of fused-ring (bicyclic) bond motifs is 1. The molecule has 0 spiro atoms. The summed E-state index contributed by atoms with van der Waals surface area (Å²) in [5.41, 5.74) is 3.46. The summed E-state index contributed by atoms with van der Waals surface area (Å²) in [6.45, 7) is 6.35. The van der Waals surface area contributed by atoms with Crippen LogP contribution in [0.15, 0.2) is 30.3 Å². The van der Waals surface area contributed by atoms with Gasteiger partial charge in [-0.25, -0.2) is 9.97 Å². The summed E-state index contributed by atoms with van der Waals surface area (Å²) in [5.74, 6) is 0.821. The number of nitrogens with zero attached hydrogens (tertiary/aromatic N) is 2. The average Bonchev–Trinajstić information content (AvgIpc) is 2.66. The summed E-state index contributed by atoms with van der Waals surface area (Å²) in [6.07, 6.45) is 0. The largest absolute Gasteiger partial charge is 0.233 e. The molecule has 0 fully saturated rings. The highest BCUT2D eigenvalue weighted by molar-refractivity contribution is 7.18. The molecule has 0 unspecified atom stereocenters. The topological polar surface area (TPSA) is 25.8 Å². The van der Waals surface area contributed by atoms with E-state index in [4.69, 9.17) is 4.98 Å².